The Hall–Kier alpha value is -2.11. The van der Waals surface area contributed by atoms with E-state index in [0.717, 1.165) is 31.2 Å². The van der Waals surface area contributed by atoms with Crippen molar-refractivity contribution in [2.24, 2.45) is 17.8 Å². The third kappa shape index (κ3) is 5.19. The van der Waals surface area contributed by atoms with E-state index in [4.69, 9.17) is 9.47 Å². The van der Waals surface area contributed by atoms with E-state index in [9.17, 15) is 14.9 Å². The lowest BCUT2D eigenvalue weighted by atomic mass is 9.90. The quantitative estimate of drug-likeness (QED) is 0.349. The van der Waals surface area contributed by atoms with E-state index >= 15 is 0 Å². The molecular weight excluding hydrogens is 334 g/mol. The number of hydrogen-bond donors (Lipinski definition) is 0. The Bertz CT molecular complexity index is 664. The van der Waals surface area contributed by atoms with Gasteiger partial charge in [-0.3, -0.25) is 14.9 Å². The van der Waals surface area contributed by atoms with Gasteiger partial charge in [-0.15, -0.1) is 0 Å². The molecular formula is C20H27NO5. The maximum atomic E-state index is 12.6. The summed E-state index contributed by atoms with van der Waals surface area (Å²) in [6.45, 7) is 5.07. The number of nitro benzene ring substituents is 1. The van der Waals surface area contributed by atoms with Crippen LogP contribution in [0.5, 0.6) is 5.75 Å². The van der Waals surface area contributed by atoms with Gasteiger partial charge in [-0.05, 0) is 61.5 Å². The summed E-state index contributed by atoms with van der Waals surface area (Å²) in [4.78, 5) is 23.5. The standard InChI is InChI=1S/C20H27NO5/c1-13(2)9-17(20(22)26-12-15-5-6-15)16-7-8-18(21(23)24)19(10-16)25-11-14-3-4-14/h7-8,10,13-15,17H,3-6,9,11-12H2,1-2H3. The molecule has 142 valence electrons. The smallest absolute Gasteiger partial charge is 0.313 e. The van der Waals surface area contributed by atoms with Crippen LogP contribution in [0.2, 0.25) is 0 Å². The molecule has 0 amide bonds. The molecule has 0 heterocycles. The van der Waals surface area contributed by atoms with Gasteiger partial charge >= 0.3 is 11.7 Å². The monoisotopic (exact) mass is 361 g/mol. The zero-order valence-corrected chi connectivity index (χ0v) is 15.5. The SMILES string of the molecule is CC(C)CC(C(=O)OCC1CC1)c1ccc([N+](=O)[O-])c(OCC2CC2)c1. The van der Waals surface area contributed by atoms with Crippen LogP contribution in [0, 0.1) is 27.9 Å². The average molecular weight is 361 g/mol. The lowest BCUT2D eigenvalue weighted by Gasteiger charge is -2.19. The van der Waals surface area contributed by atoms with Crippen molar-refractivity contribution in [2.75, 3.05) is 13.2 Å². The molecule has 0 spiro atoms. The van der Waals surface area contributed by atoms with Gasteiger partial charge in [0.2, 0.25) is 0 Å². The summed E-state index contributed by atoms with van der Waals surface area (Å²) in [5, 5.41) is 11.3. The van der Waals surface area contributed by atoms with E-state index in [1.807, 2.05) is 0 Å². The van der Waals surface area contributed by atoms with E-state index in [1.165, 1.54) is 6.07 Å². The second kappa shape index (κ2) is 8.06. The number of esters is 1. The van der Waals surface area contributed by atoms with Crippen molar-refractivity contribution in [1.82, 2.24) is 0 Å². The summed E-state index contributed by atoms with van der Waals surface area (Å²) in [6.07, 6.45) is 5.11. The highest BCUT2D eigenvalue weighted by Crippen LogP contribution is 2.36. The number of nitrogens with zero attached hydrogens (tertiary/aromatic N) is 1. The Labute approximate surface area is 154 Å². The molecule has 0 saturated heterocycles. The van der Waals surface area contributed by atoms with Crippen molar-refractivity contribution in [3.8, 4) is 5.75 Å². The van der Waals surface area contributed by atoms with E-state index in [0.29, 0.717) is 37.4 Å². The molecule has 26 heavy (non-hydrogen) atoms. The van der Waals surface area contributed by atoms with Crippen LogP contribution in [0.25, 0.3) is 0 Å². The van der Waals surface area contributed by atoms with Gasteiger partial charge in [0, 0.05) is 6.07 Å². The number of hydrogen-bond acceptors (Lipinski definition) is 5. The predicted molar refractivity (Wildman–Crippen MR) is 97.2 cm³/mol. The largest absolute Gasteiger partial charge is 0.487 e. The van der Waals surface area contributed by atoms with Crippen LogP contribution in [-0.4, -0.2) is 24.1 Å². The lowest BCUT2D eigenvalue weighted by molar-refractivity contribution is -0.385. The Morgan fingerprint density at radius 2 is 1.85 bits per heavy atom. The van der Waals surface area contributed by atoms with Gasteiger partial charge in [-0.25, -0.2) is 0 Å². The zero-order valence-electron chi connectivity index (χ0n) is 15.5. The molecule has 0 N–H and O–H groups in total. The highest BCUT2D eigenvalue weighted by Gasteiger charge is 2.30. The number of ether oxygens (including phenoxy) is 2. The summed E-state index contributed by atoms with van der Waals surface area (Å²) in [5.41, 5.74) is 0.680. The van der Waals surface area contributed by atoms with Gasteiger partial charge in [0.1, 0.15) is 0 Å². The Morgan fingerprint density at radius 3 is 2.42 bits per heavy atom. The van der Waals surface area contributed by atoms with Crippen molar-refractivity contribution in [3.63, 3.8) is 0 Å². The molecule has 0 aromatic heterocycles. The van der Waals surface area contributed by atoms with Crippen LogP contribution in [0.3, 0.4) is 0 Å². The van der Waals surface area contributed by atoms with Crippen LogP contribution in [0.15, 0.2) is 18.2 Å². The number of rotatable bonds is 10. The molecule has 6 heteroatoms. The van der Waals surface area contributed by atoms with Gasteiger partial charge < -0.3 is 9.47 Å². The first-order chi connectivity index (χ1) is 12.4. The molecule has 1 atom stereocenters. The first kappa shape index (κ1) is 18.7. The topological polar surface area (TPSA) is 78.7 Å². The predicted octanol–water partition coefficient (Wildman–Crippen LogP) is 4.47. The Kier molecular flexibility index (Phi) is 5.79. The number of benzene rings is 1. The second-order valence-electron chi connectivity index (χ2n) is 7.99. The fourth-order valence-electron chi connectivity index (χ4n) is 2.93. The molecule has 0 aliphatic heterocycles. The fraction of sp³-hybridized carbons (Fsp3) is 0.650. The molecule has 1 aromatic carbocycles. The highest BCUT2D eigenvalue weighted by molar-refractivity contribution is 5.78. The Morgan fingerprint density at radius 1 is 1.19 bits per heavy atom. The first-order valence-electron chi connectivity index (χ1n) is 9.51. The molecule has 2 aliphatic rings. The maximum Gasteiger partial charge on any atom is 0.313 e. The lowest BCUT2D eigenvalue weighted by Crippen LogP contribution is -2.19. The van der Waals surface area contributed by atoms with Gasteiger partial charge in [0.15, 0.2) is 5.75 Å². The third-order valence-corrected chi connectivity index (χ3v) is 4.90. The van der Waals surface area contributed by atoms with E-state index in [-0.39, 0.29) is 17.4 Å². The fourth-order valence-corrected chi connectivity index (χ4v) is 2.93. The number of carbonyl (C=O) groups is 1. The average Bonchev–Trinajstić information content (AvgIpc) is 3.49. The van der Waals surface area contributed by atoms with Crippen LogP contribution >= 0.6 is 0 Å². The second-order valence-corrected chi connectivity index (χ2v) is 7.99. The molecule has 1 aromatic rings. The van der Waals surface area contributed by atoms with E-state index in [1.54, 1.807) is 12.1 Å². The van der Waals surface area contributed by atoms with Gasteiger partial charge in [-0.1, -0.05) is 19.9 Å². The van der Waals surface area contributed by atoms with Crippen LogP contribution in [0.1, 0.15) is 57.4 Å². The van der Waals surface area contributed by atoms with Crippen molar-refractivity contribution >= 4 is 11.7 Å². The maximum absolute atomic E-state index is 12.6. The summed E-state index contributed by atoms with van der Waals surface area (Å²) >= 11 is 0. The van der Waals surface area contributed by atoms with E-state index in [2.05, 4.69) is 13.8 Å². The molecule has 6 nitrogen and oxygen atoms in total. The molecule has 0 radical (unpaired) electrons. The van der Waals surface area contributed by atoms with Crippen molar-refractivity contribution < 1.29 is 19.2 Å². The summed E-state index contributed by atoms with van der Waals surface area (Å²) in [7, 11) is 0. The minimum Gasteiger partial charge on any atom is -0.487 e. The van der Waals surface area contributed by atoms with Crippen LogP contribution < -0.4 is 4.74 Å². The molecule has 0 bridgehead atoms. The number of carbonyl (C=O) groups excluding carboxylic acids is 1. The van der Waals surface area contributed by atoms with Gasteiger partial charge in [0.25, 0.3) is 0 Å². The van der Waals surface area contributed by atoms with Crippen LogP contribution in [-0.2, 0) is 9.53 Å². The van der Waals surface area contributed by atoms with Gasteiger partial charge in [0.05, 0.1) is 24.1 Å². The van der Waals surface area contributed by atoms with E-state index < -0.39 is 10.8 Å². The third-order valence-electron chi connectivity index (χ3n) is 4.90. The Balaban J connectivity index is 1.79. The molecule has 2 aliphatic carbocycles. The van der Waals surface area contributed by atoms with Crippen molar-refractivity contribution in [3.05, 3.63) is 33.9 Å². The zero-order chi connectivity index (χ0) is 18.7. The molecule has 2 fully saturated rings. The molecule has 2 saturated carbocycles. The summed E-state index contributed by atoms with van der Waals surface area (Å²) in [5.74, 6) is 0.897. The molecule has 3 rings (SSSR count). The van der Waals surface area contributed by atoms with Crippen molar-refractivity contribution in [2.45, 2.75) is 51.9 Å². The minimum atomic E-state index is -0.436. The van der Waals surface area contributed by atoms with Gasteiger partial charge in [-0.2, -0.15) is 0 Å². The highest BCUT2D eigenvalue weighted by atomic mass is 16.6. The van der Waals surface area contributed by atoms with Crippen LogP contribution in [0.4, 0.5) is 5.69 Å². The summed E-state index contributed by atoms with van der Waals surface area (Å²) < 4.78 is 11.2. The summed E-state index contributed by atoms with van der Waals surface area (Å²) in [6, 6.07) is 4.76. The number of nitro groups is 1. The first-order valence-corrected chi connectivity index (χ1v) is 9.51. The van der Waals surface area contributed by atoms with Crippen molar-refractivity contribution in [1.29, 1.82) is 0 Å². The molecule has 1 unspecified atom stereocenters. The minimum absolute atomic E-state index is 0.0518. The normalized spacial score (nSPS) is 17.8.